The van der Waals surface area contributed by atoms with Gasteiger partial charge in [0.2, 0.25) is 0 Å². The van der Waals surface area contributed by atoms with Gasteiger partial charge in [-0.25, -0.2) is 4.98 Å². The Labute approximate surface area is 151 Å². The number of thiazole rings is 1. The minimum Gasteiger partial charge on any atom is -0.265 e. The Morgan fingerprint density at radius 2 is 2.08 bits per heavy atom. The van der Waals surface area contributed by atoms with Crippen molar-refractivity contribution in [3.63, 3.8) is 0 Å². The fourth-order valence-corrected chi connectivity index (χ4v) is 3.07. The topological polar surface area (TPSA) is 92.7 Å². The number of halogens is 1. The van der Waals surface area contributed by atoms with Gasteiger partial charge in [-0.05, 0) is 24.3 Å². The average molecular weight is 369 g/mol. The highest BCUT2D eigenvalue weighted by Crippen LogP contribution is 2.29. The highest BCUT2D eigenvalue weighted by Gasteiger charge is 2.12. The summed E-state index contributed by atoms with van der Waals surface area (Å²) in [7, 11) is 0. The van der Waals surface area contributed by atoms with Crippen molar-refractivity contribution in [3.8, 4) is 17.3 Å². The van der Waals surface area contributed by atoms with Crippen molar-refractivity contribution >= 4 is 40.3 Å². The monoisotopic (exact) mass is 368 g/mol. The molecule has 0 aliphatic carbocycles. The van der Waals surface area contributed by atoms with Gasteiger partial charge >= 0.3 is 0 Å². The van der Waals surface area contributed by atoms with Crippen LogP contribution in [0.15, 0.2) is 48.1 Å². The van der Waals surface area contributed by atoms with Gasteiger partial charge in [-0.2, -0.15) is 5.26 Å². The van der Waals surface area contributed by atoms with Crippen LogP contribution in [0, 0.1) is 21.4 Å². The molecule has 0 aliphatic heterocycles. The third-order valence-electron chi connectivity index (χ3n) is 3.32. The van der Waals surface area contributed by atoms with Crippen molar-refractivity contribution in [3.05, 3.63) is 73.8 Å². The fraction of sp³-hybridized carbons (Fsp3) is 0. The molecular formula is C17H9ClN4O2S. The van der Waals surface area contributed by atoms with Crippen LogP contribution >= 0.6 is 22.9 Å². The predicted octanol–water partition coefficient (Wildman–Crippen LogP) is 4.83. The minimum atomic E-state index is -0.509. The number of nitrogens with zero attached hydrogens (tertiary/aromatic N) is 4. The lowest BCUT2D eigenvalue weighted by Crippen LogP contribution is -1.89. The Kier molecular flexibility index (Phi) is 4.84. The zero-order valence-corrected chi connectivity index (χ0v) is 14.2. The Bertz CT molecular complexity index is 1010. The van der Waals surface area contributed by atoms with Crippen LogP contribution in [0.5, 0.6) is 0 Å². The smallest absolute Gasteiger partial charge is 0.265 e. The number of hydrogen-bond acceptors (Lipinski definition) is 6. The van der Waals surface area contributed by atoms with Gasteiger partial charge in [0.25, 0.3) is 5.69 Å². The van der Waals surface area contributed by atoms with Crippen LogP contribution in [0.1, 0.15) is 10.6 Å². The molecule has 25 heavy (non-hydrogen) atoms. The lowest BCUT2D eigenvalue weighted by molar-refractivity contribution is -0.384. The van der Waals surface area contributed by atoms with Gasteiger partial charge in [-0.3, -0.25) is 15.1 Å². The van der Waals surface area contributed by atoms with Gasteiger partial charge in [0.1, 0.15) is 11.1 Å². The number of nitro benzene ring substituents is 1. The second-order valence-corrected chi connectivity index (χ2v) is 6.17. The van der Waals surface area contributed by atoms with Crippen LogP contribution < -0.4 is 0 Å². The average Bonchev–Trinajstić information content (AvgIpc) is 3.11. The lowest BCUT2D eigenvalue weighted by atomic mass is 10.1. The van der Waals surface area contributed by atoms with Crippen molar-refractivity contribution in [2.45, 2.75) is 0 Å². The van der Waals surface area contributed by atoms with Gasteiger partial charge in [-0.15, -0.1) is 11.3 Å². The van der Waals surface area contributed by atoms with Crippen LogP contribution in [0.25, 0.3) is 22.9 Å². The van der Waals surface area contributed by atoms with Gasteiger partial charge in [0.15, 0.2) is 0 Å². The van der Waals surface area contributed by atoms with E-state index in [9.17, 15) is 15.4 Å². The molecule has 2 aromatic heterocycles. The molecule has 0 fully saturated rings. The maximum absolute atomic E-state index is 10.9. The normalized spacial score (nSPS) is 11.1. The van der Waals surface area contributed by atoms with Crippen LogP contribution in [0.3, 0.4) is 0 Å². The molecule has 6 nitrogen and oxygen atoms in total. The van der Waals surface area contributed by atoms with Crippen LogP contribution in [-0.4, -0.2) is 14.9 Å². The van der Waals surface area contributed by atoms with Crippen LogP contribution in [0.2, 0.25) is 5.02 Å². The Morgan fingerprint density at radius 3 is 2.76 bits per heavy atom. The van der Waals surface area contributed by atoms with Crippen LogP contribution in [0.4, 0.5) is 5.69 Å². The molecule has 2 heterocycles. The second-order valence-electron chi connectivity index (χ2n) is 4.91. The van der Waals surface area contributed by atoms with E-state index in [0.717, 1.165) is 11.3 Å². The van der Waals surface area contributed by atoms with E-state index >= 15 is 0 Å². The third kappa shape index (κ3) is 3.71. The van der Waals surface area contributed by atoms with E-state index in [-0.39, 0.29) is 11.3 Å². The van der Waals surface area contributed by atoms with E-state index < -0.39 is 4.92 Å². The molecule has 0 spiro atoms. The van der Waals surface area contributed by atoms with Gasteiger partial charge in [-0.1, -0.05) is 11.6 Å². The summed E-state index contributed by atoms with van der Waals surface area (Å²) < 4.78 is 0. The van der Waals surface area contributed by atoms with Crippen molar-refractivity contribution in [1.82, 2.24) is 9.97 Å². The largest absolute Gasteiger partial charge is 0.270 e. The van der Waals surface area contributed by atoms with E-state index in [1.54, 1.807) is 12.4 Å². The Balaban J connectivity index is 2.00. The Morgan fingerprint density at radius 1 is 1.32 bits per heavy atom. The van der Waals surface area contributed by atoms with Crippen molar-refractivity contribution in [1.29, 1.82) is 5.26 Å². The second kappa shape index (κ2) is 7.21. The number of non-ortho nitro benzene ring substituents is 1. The number of aromatic nitrogens is 2. The number of nitriles is 1. The zero-order chi connectivity index (χ0) is 17.8. The van der Waals surface area contributed by atoms with E-state index in [0.29, 0.717) is 15.6 Å². The summed E-state index contributed by atoms with van der Waals surface area (Å²) in [5, 5.41) is 23.0. The lowest BCUT2D eigenvalue weighted by Gasteiger charge is -2.00. The van der Waals surface area contributed by atoms with E-state index in [2.05, 4.69) is 16.0 Å². The maximum Gasteiger partial charge on any atom is 0.270 e. The number of hydrogen-bond donors (Lipinski definition) is 0. The molecule has 0 aliphatic rings. The summed E-state index contributed by atoms with van der Waals surface area (Å²) in [5.74, 6) is 0. The molecule has 0 unspecified atom stereocenters. The number of nitro groups is 1. The standard InChI is InChI=1S/C17H9ClN4O2S/c18-15-2-1-14(22(23)24)8-12(15)7-13(9-19)17-21-16(10-25-17)11-3-5-20-6-4-11/h1-8,10H. The molecule has 0 saturated heterocycles. The Hall–Kier alpha value is -3.08. The van der Waals surface area contributed by atoms with Gasteiger partial charge in [0, 0.05) is 46.1 Å². The summed E-state index contributed by atoms with van der Waals surface area (Å²) in [6.07, 6.45) is 4.83. The quantitative estimate of drug-likeness (QED) is 0.373. The maximum atomic E-state index is 10.9. The molecule has 3 aromatic rings. The molecule has 0 saturated carbocycles. The van der Waals surface area contributed by atoms with Crippen molar-refractivity contribution in [2.75, 3.05) is 0 Å². The molecule has 3 rings (SSSR count). The van der Waals surface area contributed by atoms with Gasteiger partial charge < -0.3 is 0 Å². The first kappa shape index (κ1) is 16.8. The number of rotatable bonds is 4. The molecule has 0 N–H and O–H groups in total. The third-order valence-corrected chi connectivity index (χ3v) is 4.54. The van der Waals surface area contributed by atoms with Gasteiger partial charge in [0.05, 0.1) is 16.2 Å². The molecule has 8 heteroatoms. The van der Waals surface area contributed by atoms with E-state index in [1.165, 1.54) is 35.6 Å². The number of benzene rings is 1. The number of pyridine rings is 1. The summed E-state index contributed by atoms with van der Waals surface area (Å²) >= 11 is 7.40. The molecule has 0 amide bonds. The highest BCUT2D eigenvalue weighted by molar-refractivity contribution is 7.11. The molecular weight excluding hydrogens is 360 g/mol. The zero-order valence-electron chi connectivity index (χ0n) is 12.6. The summed E-state index contributed by atoms with van der Waals surface area (Å²) in [6.45, 7) is 0. The van der Waals surface area contributed by atoms with E-state index in [1.807, 2.05) is 17.5 Å². The summed E-state index contributed by atoms with van der Waals surface area (Å²) in [4.78, 5) is 18.8. The first-order valence-electron chi connectivity index (χ1n) is 7.00. The first-order valence-corrected chi connectivity index (χ1v) is 8.26. The van der Waals surface area contributed by atoms with Crippen molar-refractivity contribution in [2.24, 2.45) is 0 Å². The molecule has 0 atom stereocenters. The molecule has 1 aromatic carbocycles. The summed E-state index contributed by atoms with van der Waals surface area (Å²) in [5.41, 5.74) is 2.21. The number of allylic oxidation sites excluding steroid dienone is 1. The minimum absolute atomic E-state index is 0.0930. The van der Waals surface area contributed by atoms with Crippen LogP contribution in [-0.2, 0) is 0 Å². The molecule has 122 valence electrons. The van der Waals surface area contributed by atoms with Crippen molar-refractivity contribution < 1.29 is 4.92 Å². The summed E-state index contributed by atoms with van der Waals surface area (Å²) in [6, 6.07) is 9.81. The SMILES string of the molecule is N#CC(=Cc1cc([N+](=O)[O-])ccc1Cl)c1nc(-c2ccncc2)cs1. The fourth-order valence-electron chi connectivity index (χ4n) is 2.11. The predicted molar refractivity (Wildman–Crippen MR) is 96.9 cm³/mol. The first-order chi connectivity index (χ1) is 12.1. The van der Waals surface area contributed by atoms with E-state index in [4.69, 9.17) is 11.6 Å². The molecule has 0 bridgehead atoms. The molecule has 0 radical (unpaired) electrons. The highest BCUT2D eigenvalue weighted by atomic mass is 35.5.